The van der Waals surface area contributed by atoms with Crippen molar-refractivity contribution in [1.29, 1.82) is 5.26 Å². The van der Waals surface area contributed by atoms with Crippen molar-refractivity contribution in [3.05, 3.63) is 28.7 Å². The summed E-state index contributed by atoms with van der Waals surface area (Å²) >= 11 is 0. The van der Waals surface area contributed by atoms with Crippen LogP contribution in [0, 0.1) is 11.3 Å². The fourth-order valence-electron chi connectivity index (χ4n) is 2.72. The number of H-pyrrole nitrogens is 1. The van der Waals surface area contributed by atoms with Crippen LogP contribution in [-0.2, 0) is 0 Å². The Morgan fingerprint density at radius 3 is 2.84 bits per heavy atom. The van der Waals surface area contributed by atoms with Crippen molar-refractivity contribution < 1.29 is 4.42 Å². The minimum Gasteiger partial charge on any atom is -0.408 e. The van der Waals surface area contributed by atoms with Crippen molar-refractivity contribution in [3.8, 4) is 6.07 Å². The van der Waals surface area contributed by atoms with Gasteiger partial charge >= 0.3 is 5.76 Å². The number of nitriles is 1. The van der Waals surface area contributed by atoms with E-state index in [2.05, 4.69) is 16.4 Å². The second kappa shape index (κ2) is 4.47. The third-order valence-electron chi connectivity index (χ3n) is 3.73. The Balaban J connectivity index is 1.91. The highest BCUT2D eigenvalue weighted by atomic mass is 16.4. The van der Waals surface area contributed by atoms with Crippen molar-refractivity contribution in [2.24, 2.45) is 0 Å². The fourth-order valence-corrected chi connectivity index (χ4v) is 2.72. The summed E-state index contributed by atoms with van der Waals surface area (Å²) in [6.07, 6.45) is 5.05. The lowest BCUT2D eigenvalue weighted by Crippen LogP contribution is -2.38. The van der Waals surface area contributed by atoms with Crippen LogP contribution in [0.25, 0.3) is 11.1 Å². The van der Waals surface area contributed by atoms with Crippen LogP contribution >= 0.6 is 0 Å². The molecule has 0 saturated heterocycles. The van der Waals surface area contributed by atoms with Gasteiger partial charge in [-0.25, -0.2) is 4.79 Å². The van der Waals surface area contributed by atoms with E-state index in [4.69, 9.17) is 4.42 Å². The van der Waals surface area contributed by atoms with Gasteiger partial charge in [0.1, 0.15) is 5.54 Å². The Morgan fingerprint density at radius 2 is 2.11 bits per heavy atom. The van der Waals surface area contributed by atoms with E-state index < -0.39 is 11.3 Å². The lowest BCUT2D eigenvalue weighted by Gasteiger charge is -2.32. The molecule has 5 nitrogen and oxygen atoms in total. The Hall–Kier alpha value is -2.22. The Labute approximate surface area is 110 Å². The molecule has 98 valence electrons. The highest BCUT2D eigenvalue weighted by Gasteiger charge is 2.31. The third kappa shape index (κ3) is 2.22. The van der Waals surface area contributed by atoms with Crippen molar-refractivity contribution >= 4 is 16.8 Å². The highest BCUT2D eigenvalue weighted by Crippen LogP contribution is 2.31. The van der Waals surface area contributed by atoms with Crippen LogP contribution in [0.1, 0.15) is 32.1 Å². The van der Waals surface area contributed by atoms with Gasteiger partial charge in [-0.15, -0.1) is 0 Å². The predicted molar refractivity (Wildman–Crippen MR) is 71.9 cm³/mol. The Kier molecular flexibility index (Phi) is 2.79. The van der Waals surface area contributed by atoms with E-state index in [1.54, 1.807) is 12.1 Å². The summed E-state index contributed by atoms with van der Waals surface area (Å²) in [5.74, 6) is -0.459. The second-order valence-electron chi connectivity index (χ2n) is 5.11. The molecule has 1 aromatic carbocycles. The number of oxazole rings is 1. The number of hydrogen-bond acceptors (Lipinski definition) is 4. The zero-order valence-corrected chi connectivity index (χ0v) is 10.5. The van der Waals surface area contributed by atoms with Gasteiger partial charge in [0.05, 0.1) is 11.6 Å². The van der Waals surface area contributed by atoms with Crippen LogP contribution in [0.4, 0.5) is 5.69 Å². The van der Waals surface area contributed by atoms with E-state index >= 15 is 0 Å². The number of hydrogen-bond donors (Lipinski definition) is 2. The average Bonchev–Trinajstić information content (AvgIpc) is 2.79. The molecule has 19 heavy (non-hydrogen) atoms. The minimum atomic E-state index is -0.484. The summed E-state index contributed by atoms with van der Waals surface area (Å²) in [5.41, 5.74) is 1.52. The number of aromatic amines is 1. The van der Waals surface area contributed by atoms with Gasteiger partial charge in [-0.1, -0.05) is 19.3 Å². The molecule has 1 saturated carbocycles. The van der Waals surface area contributed by atoms with Crippen LogP contribution in [0.3, 0.4) is 0 Å². The van der Waals surface area contributed by atoms with E-state index in [1.165, 1.54) is 6.42 Å². The van der Waals surface area contributed by atoms with Crippen LogP contribution in [0.15, 0.2) is 27.4 Å². The van der Waals surface area contributed by atoms with Gasteiger partial charge in [-0.2, -0.15) is 5.26 Å². The van der Waals surface area contributed by atoms with Crippen molar-refractivity contribution in [1.82, 2.24) is 4.98 Å². The van der Waals surface area contributed by atoms with E-state index in [9.17, 15) is 10.1 Å². The maximum Gasteiger partial charge on any atom is 0.417 e. The lowest BCUT2D eigenvalue weighted by atomic mass is 9.82. The Bertz CT molecular complexity index is 687. The number of aromatic nitrogens is 1. The van der Waals surface area contributed by atoms with Crippen molar-refractivity contribution in [2.45, 2.75) is 37.6 Å². The molecule has 0 amide bonds. The molecule has 1 heterocycles. The van der Waals surface area contributed by atoms with Gasteiger partial charge in [-0.05, 0) is 25.0 Å². The zero-order valence-electron chi connectivity index (χ0n) is 10.5. The van der Waals surface area contributed by atoms with E-state index in [-0.39, 0.29) is 0 Å². The molecule has 0 unspecified atom stereocenters. The fraction of sp³-hybridized carbons (Fsp3) is 0.429. The average molecular weight is 257 g/mol. The molecule has 0 atom stereocenters. The molecule has 2 aromatic rings. The monoisotopic (exact) mass is 257 g/mol. The van der Waals surface area contributed by atoms with Gasteiger partial charge in [0.2, 0.25) is 0 Å². The molecule has 5 heteroatoms. The van der Waals surface area contributed by atoms with E-state index in [0.29, 0.717) is 11.1 Å². The normalized spacial score (nSPS) is 18.1. The van der Waals surface area contributed by atoms with Crippen molar-refractivity contribution in [3.63, 3.8) is 0 Å². The molecule has 1 aliphatic carbocycles. The van der Waals surface area contributed by atoms with Gasteiger partial charge < -0.3 is 9.73 Å². The smallest absolute Gasteiger partial charge is 0.408 e. The number of rotatable bonds is 2. The molecular formula is C14H15N3O2. The largest absolute Gasteiger partial charge is 0.417 e. The maximum absolute atomic E-state index is 11.1. The van der Waals surface area contributed by atoms with Gasteiger partial charge in [0.25, 0.3) is 0 Å². The second-order valence-corrected chi connectivity index (χ2v) is 5.11. The quantitative estimate of drug-likeness (QED) is 0.866. The van der Waals surface area contributed by atoms with Gasteiger partial charge in [0, 0.05) is 11.8 Å². The van der Waals surface area contributed by atoms with Crippen LogP contribution in [0.5, 0.6) is 0 Å². The van der Waals surface area contributed by atoms with Crippen LogP contribution < -0.4 is 11.1 Å². The topological polar surface area (TPSA) is 81.8 Å². The lowest BCUT2D eigenvalue weighted by molar-refractivity contribution is 0.392. The molecule has 0 radical (unpaired) electrons. The molecule has 1 aromatic heterocycles. The number of fused-ring (bicyclic) bond motifs is 1. The van der Waals surface area contributed by atoms with E-state index in [1.807, 2.05) is 6.07 Å². The van der Waals surface area contributed by atoms with Gasteiger partial charge in [0.15, 0.2) is 5.58 Å². The summed E-state index contributed by atoms with van der Waals surface area (Å²) in [5, 5.41) is 12.7. The molecule has 0 aliphatic heterocycles. The van der Waals surface area contributed by atoms with E-state index in [0.717, 1.165) is 31.4 Å². The number of nitrogens with one attached hydrogen (secondary N) is 2. The zero-order chi connectivity index (χ0) is 13.3. The summed E-state index contributed by atoms with van der Waals surface area (Å²) in [7, 11) is 0. The summed E-state index contributed by atoms with van der Waals surface area (Å²) in [4.78, 5) is 13.7. The Morgan fingerprint density at radius 1 is 1.32 bits per heavy atom. The minimum absolute atomic E-state index is 0.459. The van der Waals surface area contributed by atoms with Crippen LogP contribution in [-0.4, -0.2) is 10.5 Å². The van der Waals surface area contributed by atoms with Crippen molar-refractivity contribution in [2.75, 3.05) is 5.32 Å². The molecule has 1 fully saturated rings. The molecular weight excluding hydrogens is 242 g/mol. The molecule has 0 spiro atoms. The first-order valence-electron chi connectivity index (χ1n) is 6.53. The predicted octanol–water partition coefficient (Wildman–Crippen LogP) is 2.76. The standard InChI is InChI=1S/C14H15N3O2/c15-9-14(6-2-1-3-7-14)17-10-4-5-11-12(8-10)19-13(18)16-11/h4-5,8,17H,1-3,6-7H2,(H,16,18). The number of nitrogens with zero attached hydrogens (tertiary/aromatic N) is 1. The first-order valence-corrected chi connectivity index (χ1v) is 6.53. The summed E-state index contributed by atoms with van der Waals surface area (Å²) in [6.45, 7) is 0. The summed E-state index contributed by atoms with van der Waals surface area (Å²) in [6, 6.07) is 7.82. The third-order valence-corrected chi connectivity index (χ3v) is 3.73. The molecule has 2 N–H and O–H groups in total. The first kappa shape index (κ1) is 11.8. The number of benzene rings is 1. The SMILES string of the molecule is N#CC1(Nc2ccc3[nH]c(=O)oc3c2)CCCCC1. The molecule has 3 rings (SSSR count). The molecule has 1 aliphatic rings. The summed E-state index contributed by atoms with van der Waals surface area (Å²) < 4.78 is 5.03. The van der Waals surface area contributed by atoms with Crippen LogP contribution in [0.2, 0.25) is 0 Å². The first-order chi connectivity index (χ1) is 9.21. The molecule has 0 bridgehead atoms. The van der Waals surface area contributed by atoms with Gasteiger partial charge in [-0.3, -0.25) is 4.98 Å². The maximum atomic E-state index is 11.1. The highest BCUT2D eigenvalue weighted by molar-refractivity contribution is 5.77. The number of anilines is 1.